The van der Waals surface area contributed by atoms with Crippen LogP contribution in [0.1, 0.15) is 15.9 Å². The van der Waals surface area contributed by atoms with Crippen LogP contribution in [0.2, 0.25) is 0 Å². The lowest BCUT2D eigenvalue weighted by molar-refractivity contribution is -0.138. The quantitative estimate of drug-likeness (QED) is 0.707. The van der Waals surface area contributed by atoms with Crippen molar-refractivity contribution in [3.63, 3.8) is 0 Å². The molecule has 0 heterocycles. The largest absolute Gasteiger partial charge is 0.417 e. The zero-order chi connectivity index (χ0) is 11.6. The van der Waals surface area contributed by atoms with E-state index in [0.717, 1.165) is 11.0 Å². The van der Waals surface area contributed by atoms with Crippen molar-refractivity contribution in [1.29, 1.82) is 0 Å². The summed E-state index contributed by atoms with van der Waals surface area (Å²) in [7, 11) is 2.82. The molecular weight excluding hydrogens is 207 g/mol. The highest BCUT2D eigenvalue weighted by atomic mass is 19.4. The summed E-state index contributed by atoms with van der Waals surface area (Å²) >= 11 is 0. The second kappa shape index (κ2) is 3.92. The van der Waals surface area contributed by atoms with Gasteiger partial charge in [0, 0.05) is 14.1 Å². The maximum Gasteiger partial charge on any atom is 0.417 e. The average molecular weight is 217 g/mol. The van der Waals surface area contributed by atoms with Crippen LogP contribution in [-0.2, 0) is 6.18 Å². The minimum absolute atomic E-state index is 0.324. The van der Waals surface area contributed by atoms with E-state index < -0.39 is 17.6 Å². The van der Waals surface area contributed by atoms with E-state index in [1.807, 2.05) is 0 Å². The smallest absolute Gasteiger partial charge is 0.345 e. The summed E-state index contributed by atoms with van der Waals surface area (Å²) in [4.78, 5) is 12.6. The molecule has 0 aliphatic carbocycles. The molecule has 0 unspecified atom stereocenters. The van der Waals surface area contributed by atoms with Gasteiger partial charge in [0.25, 0.3) is 5.91 Å². The van der Waals surface area contributed by atoms with Crippen molar-refractivity contribution >= 4 is 5.91 Å². The van der Waals surface area contributed by atoms with E-state index in [1.165, 1.54) is 32.3 Å². The van der Waals surface area contributed by atoms with Gasteiger partial charge in [-0.25, -0.2) is 0 Å². The van der Waals surface area contributed by atoms with Gasteiger partial charge in [-0.1, -0.05) is 12.1 Å². The summed E-state index contributed by atoms with van der Waals surface area (Å²) in [6, 6.07) is 4.74. The molecule has 0 atom stereocenters. The van der Waals surface area contributed by atoms with Crippen LogP contribution in [0.5, 0.6) is 0 Å². The van der Waals surface area contributed by atoms with E-state index in [1.54, 1.807) is 0 Å². The molecule has 1 aromatic carbocycles. The van der Waals surface area contributed by atoms with Crippen LogP contribution in [0.3, 0.4) is 0 Å². The van der Waals surface area contributed by atoms with E-state index in [2.05, 4.69) is 0 Å². The lowest BCUT2D eigenvalue weighted by Crippen LogP contribution is -2.25. The summed E-state index contributed by atoms with van der Waals surface area (Å²) in [5.41, 5.74) is -1.22. The van der Waals surface area contributed by atoms with Gasteiger partial charge in [0.1, 0.15) is 0 Å². The molecule has 0 aromatic heterocycles. The van der Waals surface area contributed by atoms with Crippen LogP contribution in [0.25, 0.3) is 0 Å². The van der Waals surface area contributed by atoms with E-state index in [-0.39, 0.29) is 5.56 Å². The minimum atomic E-state index is -4.50. The molecule has 0 spiro atoms. The average Bonchev–Trinajstić information content (AvgIpc) is 2.15. The summed E-state index contributed by atoms with van der Waals surface area (Å²) in [5.74, 6) is -0.650. The van der Waals surface area contributed by atoms with Crippen molar-refractivity contribution in [3.05, 3.63) is 35.4 Å². The summed E-state index contributed by atoms with van der Waals surface area (Å²) in [6.45, 7) is 0. The van der Waals surface area contributed by atoms with Crippen molar-refractivity contribution < 1.29 is 18.0 Å². The van der Waals surface area contributed by atoms with Gasteiger partial charge in [-0.15, -0.1) is 0 Å². The zero-order valence-corrected chi connectivity index (χ0v) is 8.30. The van der Waals surface area contributed by atoms with Crippen molar-refractivity contribution in [2.75, 3.05) is 14.1 Å². The first-order valence-corrected chi connectivity index (χ1v) is 4.22. The molecule has 0 aliphatic rings. The van der Waals surface area contributed by atoms with Crippen molar-refractivity contribution in [2.24, 2.45) is 0 Å². The molecule has 0 radical (unpaired) electrons. The van der Waals surface area contributed by atoms with Crippen molar-refractivity contribution in [3.8, 4) is 0 Å². The number of rotatable bonds is 1. The molecular formula is C10H10F3NO. The van der Waals surface area contributed by atoms with Crippen LogP contribution in [0.4, 0.5) is 13.2 Å². The molecule has 0 N–H and O–H groups in total. The first kappa shape index (κ1) is 11.6. The van der Waals surface area contributed by atoms with E-state index in [0.29, 0.717) is 0 Å². The van der Waals surface area contributed by atoms with Gasteiger partial charge in [0.05, 0.1) is 11.1 Å². The van der Waals surface area contributed by atoms with Crippen LogP contribution < -0.4 is 0 Å². The van der Waals surface area contributed by atoms with E-state index in [4.69, 9.17) is 0 Å². The molecule has 15 heavy (non-hydrogen) atoms. The molecule has 1 amide bonds. The lowest BCUT2D eigenvalue weighted by atomic mass is 10.1. The molecule has 1 aromatic rings. The number of hydrogen-bond acceptors (Lipinski definition) is 1. The first-order chi connectivity index (χ1) is 6.84. The number of hydrogen-bond donors (Lipinski definition) is 0. The number of carbonyl (C=O) groups excluding carboxylic acids is 1. The highest BCUT2D eigenvalue weighted by molar-refractivity contribution is 5.95. The predicted octanol–water partition coefficient (Wildman–Crippen LogP) is 2.41. The summed E-state index contributed by atoms with van der Waals surface area (Å²) in [5, 5.41) is 0. The van der Waals surface area contributed by atoms with Gasteiger partial charge >= 0.3 is 6.18 Å². The lowest BCUT2D eigenvalue weighted by Gasteiger charge is -2.15. The topological polar surface area (TPSA) is 20.3 Å². The predicted molar refractivity (Wildman–Crippen MR) is 49.5 cm³/mol. The second-order valence-electron chi connectivity index (χ2n) is 3.24. The maximum absolute atomic E-state index is 12.5. The Hall–Kier alpha value is -1.52. The Morgan fingerprint density at radius 1 is 1.20 bits per heavy atom. The first-order valence-electron chi connectivity index (χ1n) is 4.22. The molecule has 82 valence electrons. The van der Waals surface area contributed by atoms with Crippen molar-refractivity contribution in [2.45, 2.75) is 6.18 Å². The zero-order valence-electron chi connectivity index (χ0n) is 8.30. The number of nitrogens with zero attached hydrogens (tertiary/aromatic N) is 1. The Morgan fingerprint density at radius 3 is 2.20 bits per heavy atom. The monoisotopic (exact) mass is 217 g/mol. The number of halogens is 3. The second-order valence-corrected chi connectivity index (χ2v) is 3.24. The molecule has 0 saturated heterocycles. The third kappa shape index (κ3) is 2.49. The Bertz CT molecular complexity index is 371. The normalized spacial score (nSPS) is 11.3. The van der Waals surface area contributed by atoms with Gasteiger partial charge in [0.2, 0.25) is 0 Å². The number of amides is 1. The van der Waals surface area contributed by atoms with Crippen LogP contribution in [-0.4, -0.2) is 24.9 Å². The van der Waals surface area contributed by atoms with Crippen LogP contribution in [0.15, 0.2) is 24.3 Å². The highest BCUT2D eigenvalue weighted by Gasteiger charge is 2.35. The molecule has 0 bridgehead atoms. The number of benzene rings is 1. The fourth-order valence-electron chi connectivity index (χ4n) is 1.16. The molecule has 0 saturated carbocycles. The number of alkyl halides is 3. The standard InChI is InChI=1S/C10H10F3NO/c1-14(2)9(15)7-5-3-4-6-8(7)10(11,12)13/h3-6H,1-2H3. The fourth-order valence-corrected chi connectivity index (χ4v) is 1.16. The van der Waals surface area contributed by atoms with Gasteiger partial charge in [-0.3, -0.25) is 4.79 Å². The minimum Gasteiger partial charge on any atom is -0.345 e. The van der Waals surface area contributed by atoms with Gasteiger partial charge in [-0.2, -0.15) is 13.2 Å². The molecule has 5 heteroatoms. The summed E-state index contributed by atoms with van der Waals surface area (Å²) < 4.78 is 37.5. The molecule has 0 fully saturated rings. The van der Waals surface area contributed by atoms with Gasteiger partial charge in [-0.05, 0) is 12.1 Å². The molecule has 0 aliphatic heterocycles. The molecule has 2 nitrogen and oxygen atoms in total. The highest BCUT2D eigenvalue weighted by Crippen LogP contribution is 2.32. The van der Waals surface area contributed by atoms with E-state index in [9.17, 15) is 18.0 Å². The van der Waals surface area contributed by atoms with Crippen LogP contribution in [0, 0.1) is 0 Å². The third-order valence-corrected chi connectivity index (χ3v) is 1.87. The fraction of sp³-hybridized carbons (Fsp3) is 0.300. The van der Waals surface area contributed by atoms with E-state index >= 15 is 0 Å². The SMILES string of the molecule is CN(C)C(=O)c1ccccc1C(F)(F)F. The van der Waals surface area contributed by atoms with Gasteiger partial charge in [0.15, 0.2) is 0 Å². The Labute approximate surface area is 85.3 Å². The Kier molecular flexibility index (Phi) is 3.02. The Morgan fingerprint density at radius 2 is 1.73 bits per heavy atom. The number of carbonyl (C=O) groups is 1. The maximum atomic E-state index is 12.5. The Balaban J connectivity index is 3.25. The van der Waals surface area contributed by atoms with Gasteiger partial charge < -0.3 is 4.90 Å². The summed E-state index contributed by atoms with van der Waals surface area (Å²) in [6.07, 6.45) is -4.50. The third-order valence-electron chi connectivity index (χ3n) is 1.87. The molecule has 1 rings (SSSR count). The van der Waals surface area contributed by atoms with Crippen LogP contribution >= 0.6 is 0 Å². The van der Waals surface area contributed by atoms with Crippen molar-refractivity contribution in [1.82, 2.24) is 4.90 Å².